The van der Waals surface area contributed by atoms with Crippen LogP contribution in [0.1, 0.15) is 11.1 Å². The van der Waals surface area contributed by atoms with Crippen LogP contribution in [-0.2, 0) is 23.1 Å². The number of rotatable bonds is 7. The maximum absolute atomic E-state index is 15.1. The van der Waals surface area contributed by atoms with Crippen LogP contribution in [0.4, 0.5) is 31.9 Å². The number of morpholine rings is 1. The molecule has 1 aliphatic heterocycles. The molecule has 1 saturated heterocycles. The van der Waals surface area contributed by atoms with Gasteiger partial charge >= 0.3 is 0 Å². The summed E-state index contributed by atoms with van der Waals surface area (Å²) in [6, 6.07) is 2.04. The Morgan fingerprint density at radius 2 is 2.16 bits per heavy atom. The molecule has 1 fully saturated rings. The summed E-state index contributed by atoms with van der Waals surface area (Å²) < 4.78 is 36.0. The number of halogens is 2. The largest absolute Gasteiger partial charge is 0.370 e. The molecule has 32 heavy (non-hydrogen) atoms. The molecular formula is C20H20F2N8O2. The molecule has 1 amide bonds. The first kappa shape index (κ1) is 21.3. The Balaban J connectivity index is 1.57. The number of ether oxygens (including phenoxy) is 1. The lowest BCUT2D eigenvalue weighted by atomic mass is 10.1. The van der Waals surface area contributed by atoms with Gasteiger partial charge < -0.3 is 25.7 Å². The Hall–Kier alpha value is -3.93. The van der Waals surface area contributed by atoms with Crippen molar-refractivity contribution in [2.45, 2.75) is 6.54 Å². The van der Waals surface area contributed by atoms with Crippen molar-refractivity contribution in [2.24, 2.45) is 7.05 Å². The van der Waals surface area contributed by atoms with Gasteiger partial charge in [0, 0.05) is 50.4 Å². The molecule has 0 saturated carbocycles. The zero-order chi connectivity index (χ0) is 22.7. The summed E-state index contributed by atoms with van der Waals surface area (Å²) in [6.45, 7) is 0.0735. The topological polar surface area (TPSA) is 121 Å². The van der Waals surface area contributed by atoms with Gasteiger partial charge in [-0.3, -0.25) is 9.48 Å². The second-order valence-electron chi connectivity index (χ2n) is 7.02. The van der Waals surface area contributed by atoms with E-state index in [1.165, 1.54) is 11.1 Å². The molecule has 2 aromatic heterocycles. The van der Waals surface area contributed by atoms with Crippen molar-refractivity contribution in [1.29, 1.82) is 5.41 Å². The number of hydrogen-bond acceptors (Lipinski definition) is 8. The summed E-state index contributed by atoms with van der Waals surface area (Å²) in [6.07, 6.45) is 5.81. The third kappa shape index (κ3) is 4.54. The van der Waals surface area contributed by atoms with Crippen LogP contribution in [-0.4, -0.2) is 51.6 Å². The van der Waals surface area contributed by atoms with Crippen molar-refractivity contribution in [2.75, 3.05) is 35.3 Å². The Bertz CT molecular complexity index is 1170. The summed E-state index contributed by atoms with van der Waals surface area (Å²) >= 11 is 0. The van der Waals surface area contributed by atoms with E-state index < -0.39 is 17.5 Å². The molecule has 0 atom stereocenters. The SMILES string of the molecule is Cn1cc(Nc2ncc(C=N)c(NCc3cc(F)cc(N4CCOCC4=O)c3F)n2)cn1. The van der Waals surface area contributed by atoms with Crippen LogP contribution in [0.15, 0.2) is 30.7 Å². The number of amides is 1. The fourth-order valence-corrected chi connectivity index (χ4v) is 3.22. The van der Waals surface area contributed by atoms with Crippen LogP contribution in [0, 0.1) is 17.0 Å². The number of nitrogens with one attached hydrogen (secondary N) is 3. The average Bonchev–Trinajstić information content (AvgIpc) is 3.19. The van der Waals surface area contributed by atoms with Gasteiger partial charge in [0.05, 0.1) is 29.7 Å². The van der Waals surface area contributed by atoms with Gasteiger partial charge in [-0.25, -0.2) is 13.8 Å². The minimum absolute atomic E-state index is 0.00982. The molecule has 4 rings (SSSR count). The fourth-order valence-electron chi connectivity index (χ4n) is 3.22. The fraction of sp³-hybridized carbons (Fsp3) is 0.250. The lowest BCUT2D eigenvalue weighted by Crippen LogP contribution is -2.42. The molecule has 1 aromatic carbocycles. The highest BCUT2D eigenvalue weighted by molar-refractivity contribution is 5.95. The average molecular weight is 442 g/mol. The van der Waals surface area contributed by atoms with Crippen molar-refractivity contribution in [3.8, 4) is 0 Å². The van der Waals surface area contributed by atoms with E-state index in [1.54, 1.807) is 24.1 Å². The minimum atomic E-state index is -0.715. The highest BCUT2D eigenvalue weighted by Crippen LogP contribution is 2.26. The predicted octanol–water partition coefficient (Wildman–Crippen LogP) is 2.20. The Morgan fingerprint density at radius 3 is 2.88 bits per heavy atom. The smallest absolute Gasteiger partial charge is 0.253 e. The third-order valence-electron chi connectivity index (χ3n) is 4.75. The van der Waals surface area contributed by atoms with Crippen LogP contribution < -0.4 is 15.5 Å². The Labute approximate surface area is 181 Å². The number of nitrogens with zero attached hydrogens (tertiary/aromatic N) is 5. The molecule has 10 nitrogen and oxygen atoms in total. The Kier molecular flexibility index (Phi) is 6.03. The van der Waals surface area contributed by atoms with E-state index in [2.05, 4.69) is 25.7 Å². The zero-order valence-electron chi connectivity index (χ0n) is 17.1. The van der Waals surface area contributed by atoms with Crippen molar-refractivity contribution >= 4 is 35.3 Å². The summed E-state index contributed by atoms with van der Waals surface area (Å²) in [4.78, 5) is 21.7. The van der Waals surface area contributed by atoms with Gasteiger partial charge in [-0.15, -0.1) is 0 Å². The van der Waals surface area contributed by atoms with Crippen LogP contribution in [0.2, 0.25) is 0 Å². The summed E-state index contributed by atoms with van der Waals surface area (Å²) in [7, 11) is 1.77. The highest BCUT2D eigenvalue weighted by Gasteiger charge is 2.25. The lowest BCUT2D eigenvalue weighted by molar-refractivity contribution is -0.125. The van der Waals surface area contributed by atoms with E-state index >= 15 is 4.39 Å². The molecule has 0 bridgehead atoms. The number of aromatic nitrogens is 4. The van der Waals surface area contributed by atoms with Crippen molar-refractivity contribution < 1.29 is 18.3 Å². The van der Waals surface area contributed by atoms with Gasteiger partial charge in [-0.05, 0) is 6.07 Å². The number of hydrogen-bond donors (Lipinski definition) is 3. The van der Waals surface area contributed by atoms with E-state index in [0.717, 1.165) is 18.3 Å². The van der Waals surface area contributed by atoms with Crippen molar-refractivity contribution in [3.05, 3.63) is 53.5 Å². The zero-order valence-corrected chi connectivity index (χ0v) is 17.1. The first-order valence-corrected chi connectivity index (χ1v) is 9.67. The molecule has 0 radical (unpaired) electrons. The molecule has 3 heterocycles. The molecular weight excluding hydrogens is 422 g/mol. The van der Waals surface area contributed by atoms with Crippen LogP contribution in [0.25, 0.3) is 0 Å². The monoisotopic (exact) mass is 442 g/mol. The number of anilines is 4. The van der Waals surface area contributed by atoms with Gasteiger partial charge in [-0.2, -0.15) is 10.1 Å². The molecule has 1 aliphatic rings. The first-order chi connectivity index (χ1) is 15.4. The number of benzene rings is 1. The van der Waals surface area contributed by atoms with Crippen molar-refractivity contribution in [3.63, 3.8) is 0 Å². The maximum Gasteiger partial charge on any atom is 0.253 e. The second kappa shape index (κ2) is 9.06. The molecule has 0 aliphatic carbocycles. The lowest BCUT2D eigenvalue weighted by Gasteiger charge is -2.27. The number of aryl methyl sites for hydroxylation is 1. The predicted molar refractivity (Wildman–Crippen MR) is 113 cm³/mol. The van der Waals surface area contributed by atoms with E-state index in [4.69, 9.17) is 10.1 Å². The third-order valence-corrected chi connectivity index (χ3v) is 4.75. The van der Waals surface area contributed by atoms with Crippen LogP contribution >= 0.6 is 0 Å². The van der Waals surface area contributed by atoms with Gasteiger partial charge in [0.15, 0.2) is 5.82 Å². The van der Waals surface area contributed by atoms with Gasteiger partial charge in [0.2, 0.25) is 5.95 Å². The maximum atomic E-state index is 15.1. The molecule has 166 valence electrons. The van der Waals surface area contributed by atoms with Crippen LogP contribution in [0.3, 0.4) is 0 Å². The van der Waals surface area contributed by atoms with Gasteiger partial charge in [0.1, 0.15) is 18.2 Å². The normalized spacial score (nSPS) is 13.8. The van der Waals surface area contributed by atoms with E-state index in [0.29, 0.717) is 11.3 Å². The van der Waals surface area contributed by atoms with E-state index in [1.807, 2.05) is 0 Å². The minimum Gasteiger partial charge on any atom is -0.370 e. The standard InChI is InChI=1S/C20H20F2N8O2/c1-29-10-15(9-26-29)27-20-25-8-13(6-23)19(28-20)24-7-12-4-14(21)5-16(18(12)22)30-2-3-32-11-17(30)31/h4-6,8-10,23H,2-3,7,11H2,1H3,(H2,24,25,27,28). The van der Waals surface area contributed by atoms with E-state index in [-0.39, 0.29) is 49.3 Å². The number of carbonyl (C=O) groups is 1. The molecule has 12 heteroatoms. The molecule has 0 spiro atoms. The second-order valence-corrected chi connectivity index (χ2v) is 7.02. The van der Waals surface area contributed by atoms with Gasteiger partial charge in [-0.1, -0.05) is 0 Å². The quantitative estimate of drug-likeness (QED) is 0.480. The Morgan fingerprint density at radius 1 is 1.31 bits per heavy atom. The van der Waals surface area contributed by atoms with E-state index in [9.17, 15) is 9.18 Å². The summed E-state index contributed by atoms with van der Waals surface area (Å²) in [5.74, 6) is -1.33. The highest BCUT2D eigenvalue weighted by atomic mass is 19.1. The van der Waals surface area contributed by atoms with Crippen molar-refractivity contribution in [1.82, 2.24) is 19.7 Å². The molecule has 0 unspecified atom stereocenters. The summed E-state index contributed by atoms with van der Waals surface area (Å²) in [5.41, 5.74) is 0.902. The molecule has 3 N–H and O–H groups in total. The van der Waals surface area contributed by atoms with Gasteiger partial charge in [0.25, 0.3) is 5.91 Å². The first-order valence-electron chi connectivity index (χ1n) is 9.67. The summed E-state index contributed by atoms with van der Waals surface area (Å²) in [5, 5.41) is 17.5. The molecule has 3 aromatic rings. The number of carbonyl (C=O) groups excluding carboxylic acids is 1. The van der Waals surface area contributed by atoms with Crippen LogP contribution in [0.5, 0.6) is 0 Å².